The van der Waals surface area contributed by atoms with E-state index in [1.807, 2.05) is 18.2 Å². The highest BCUT2D eigenvalue weighted by Gasteiger charge is 2.05. The van der Waals surface area contributed by atoms with Crippen molar-refractivity contribution in [3.05, 3.63) is 53.4 Å². The maximum Gasteiger partial charge on any atom is 0.224 e. The summed E-state index contributed by atoms with van der Waals surface area (Å²) in [6.07, 6.45) is 1.63. The molecule has 82 valence electrons. The molecule has 0 fully saturated rings. The highest BCUT2D eigenvalue weighted by Crippen LogP contribution is 2.17. The summed E-state index contributed by atoms with van der Waals surface area (Å²) in [5, 5.41) is 3.52. The molecule has 1 aromatic carbocycles. The van der Waals surface area contributed by atoms with E-state index in [0.29, 0.717) is 0 Å². The molecule has 16 heavy (non-hydrogen) atoms. The zero-order valence-corrected chi connectivity index (χ0v) is 9.65. The fraction of sp³-hybridized carbons (Fsp3) is 0.167. The minimum Gasteiger partial charge on any atom is -0.363 e. The van der Waals surface area contributed by atoms with Crippen LogP contribution in [0.15, 0.2) is 42.6 Å². The van der Waals surface area contributed by atoms with Crippen molar-refractivity contribution >= 4 is 17.4 Å². The van der Waals surface area contributed by atoms with Gasteiger partial charge in [-0.15, -0.1) is 0 Å². The first-order chi connectivity index (χ1) is 7.75. The summed E-state index contributed by atoms with van der Waals surface area (Å²) >= 11 is 5.71. The first kappa shape index (κ1) is 10.9. The van der Waals surface area contributed by atoms with Gasteiger partial charge in [0, 0.05) is 12.2 Å². The Morgan fingerprint density at radius 3 is 2.62 bits per heavy atom. The standard InChI is InChI=1S/C12H12ClN3/c1-9(10-5-3-2-4-6-10)15-11-7-8-14-12(13)16-11/h2-9H,1H3,(H,14,15,16). The first-order valence-electron chi connectivity index (χ1n) is 5.06. The minimum atomic E-state index is 0.187. The summed E-state index contributed by atoms with van der Waals surface area (Å²) in [6.45, 7) is 2.07. The van der Waals surface area contributed by atoms with Crippen LogP contribution in [0.25, 0.3) is 0 Å². The van der Waals surface area contributed by atoms with Crippen LogP contribution in [-0.4, -0.2) is 9.97 Å². The Bertz CT molecular complexity index is 459. The normalized spacial score (nSPS) is 12.1. The number of nitrogens with one attached hydrogen (secondary N) is 1. The van der Waals surface area contributed by atoms with E-state index in [1.54, 1.807) is 12.3 Å². The maximum absolute atomic E-state index is 5.71. The quantitative estimate of drug-likeness (QED) is 0.827. The number of nitrogens with zero attached hydrogens (tertiary/aromatic N) is 2. The molecule has 2 aromatic rings. The molecule has 0 saturated heterocycles. The van der Waals surface area contributed by atoms with Crippen molar-refractivity contribution in [3.8, 4) is 0 Å². The fourth-order valence-corrected chi connectivity index (χ4v) is 1.61. The predicted octanol–water partition coefficient (Wildman–Crippen LogP) is 3.30. The van der Waals surface area contributed by atoms with Gasteiger partial charge in [0.25, 0.3) is 0 Å². The lowest BCUT2D eigenvalue weighted by molar-refractivity contribution is 0.872. The number of hydrogen-bond acceptors (Lipinski definition) is 3. The van der Waals surface area contributed by atoms with Crippen LogP contribution in [0.3, 0.4) is 0 Å². The molecule has 0 amide bonds. The second kappa shape index (κ2) is 4.94. The minimum absolute atomic E-state index is 0.187. The molecule has 0 aliphatic heterocycles. The van der Waals surface area contributed by atoms with Crippen LogP contribution >= 0.6 is 11.6 Å². The van der Waals surface area contributed by atoms with E-state index in [-0.39, 0.29) is 11.3 Å². The average molecular weight is 234 g/mol. The number of hydrogen-bond donors (Lipinski definition) is 1. The van der Waals surface area contributed by atoms with Gasteiger partial charge in [-0.1, -0.05) is 30.3 Å². The largest absolute Gasteiger partial charge is 0.363 e. The molecular formula is C12H12ClN3. The van der Waals surface area contributed by atoms with Crippen molar-refractivity contribution < 1.29 is 0 Å². The zero-order valence-electron chi connectivity index (χ0n) is 8.89. The van der Waals surface area contributed by atoms with Crippen LogP contribution in [0.5, 0.6) is 0 Å². The summed E-state index contributed by atoms with van der Waals surface area (Å²) < 4.78 is 0. The smallest absolute Gasteiger partial charge is 0.224 e. The lowest BCUT2D eigenvalue weighted by Gasteiger charge is -2.14. The summed E-state index contributed by atoms with van der Waals surface area (Å²) in [5.41, 5.74) is 1.21. The molecule has 0 radical (unpaired) electrons. The lowest BCUT2D eigenvalue weighted by atomic mass is 10.1. The van der Waals surface area contributed by atoms with Gasteiger partial charge in [-0.25, -0.2) is 9.97 Å². The summed E-state index contributed by atoms with van der Waals surface area (Å²) in [6, 6.07) is 12.2. The molecule has 3 nitrogen and oxygen atoms in total. The Balaban J connectivity index is 2.11. The number of anilines is 1. The van der Waals surface area contributed by atoms with Crippen molar-refractivity contribution in [1.82, 2.24) is 9.97 Å². The van der Waals surface area contributed by atoms with Gasteiger partial charge in [0.15, 0.2) is 0 Å². The molecule has 4 heteroatoms. The fourth-order valence-electron chi connectivity index (χ4n) is 1.46. The molecule has 0 saturated carbocycles. The van der Waals surface area contributed by atoms with Gasteiger partial charge in [0.1, 0.15) is 5.82 Å². The first-order valence-corrected chi connectivity index (χ1v) is 5.43. The second-order valence-electron chi connectivity index (χ2n) is 3.49. The molecule has 0 aliphatic rings. The van der Waals surface area contributed by atoms with E-state index < -0.39 is 0 Å². The summed E-state index contributed by atoms with van der Waals surface area (Å²) in [4.78, 5) is 7.92. The Hall–Kier alpha value is -1.61. The van der Waals surface area contributed by atoms with Crippen molar-refractivity contribution in [2.45, 2.75) is 13.0 Å². The third-order valence-corrected chi connectivity index (χ3v) is 2.47. The number of aromatic nitrogens is 2. The van der Waals surface area contributed by atoms with Gasteiger partial charge in [0.2, 0.25) is 5.28 Å². The van der Waals surface area contributed by atoms with Gasteiger partial charge in [-0.3, -0.25) is 0 Å². The van der Waals surface area contributed by atoms with E-state index in [9.17, 15) is 0 Å². The van der Waals surface area contributed by atoms with Crippen molar-refractivity contribution in [2.75, 3.05) is 5.32 Å². The van der Waals surface area contributed by atoms with Crippen molar-refractivity contribution in [2.24, 2.45) is 0 Å². The van der Waals surface area contributed by atoms with E-state index in [4.69, 9.17) is 11.6 Å². The highest BCUT2D eigenvalue weighted by molar-refractivity contribution is 6.28. The Morgan fingerprint density at radius 2 is 1.94 bits per heavy atom. The number of halogens is 1. The molecule has 1 unspecified atom stereocenters. The van der Waals surface area contributed by atoms with Gasteiger partial charge in [-0.05, 0) is 30.2 Å². The van der Waals surface area contributed by atoms with Crippen LogP contribution in [0.4, 0.5) is 5.82 Å². The van der Waals surface area contributed by atoms with E-state index in [1.165, 1.54) is 5.56 Å². The molecule has 0 bridgehead atoms. The van der Waals surface area contributed by atoms with Crippen LogP contribution in [0, 0.1) is 0 Å². The number of rotatable bonds is 3. The highest BCUT2D eigenvalue weighted by atomic mass is 35.5. The maximum atomic E-state index is 5.71. The molecule has 2 rings (SSSR count). The Morgan fingerprint density at radius 1 is 1.19 bits per heavy atom. The third-order valence-electron chi connectivity index (χ3n) is 2.29. The average Bonchev–Trinajstić information content (AvgIpc) is 2.30. The van der Waals surface area contributed by atoms with Gasteiger partial charge >= 0.3 is 0 Å². The van der Waals surface area contributed by atoms with Crippen LogP contribution in [-0.2, 0) is 0 Å². The van der Waals surface area contributed by atoms with Crippen LogP contribution in [0.2, 0.25) is 5.28 Å². The zero-order chi connectivity index (χ0) is 11.4. The SMILES string of the molecule is CC(Nc1ccnc(Cl)n1)c1ccccc1. The molecule has 1 heterocycles. The van der Waals surface area contributed by atoms with Gasteiger partial charge < -0.3 is 5.32 Å². The topological polar surface area (TPSA) is 37.8 Å². The van der Waals surface area contributed by atoms with E-state index in [0.717, 1.165) is 5.82 Å². The van der Waals surface area contributed by atoms with E-state index in [2.05, 4.69) is 34.3 Å². The Kier molecular flexibility index (Phi) is 3.37. The van der Waals surface area contributed by atoms with E-state index >= 15 is 0 Å². The lowest BCUT2D eigenvalue weighted by Crippen LogP contribution is -2.07. The summed E-state index contributed by atoms with van der Waals surface area (Å²) in [7, 11) is 0. The third kappa shape index (κ3) is 2.70. The molecule has 1 aromatic heterocycles. The second-order valence-corrected chi connectivity index (χ2v) is 3.83. The summed E-state index contributed by atoms with van der Waals surface area (Å²) in [5.74, 6) is 0.733. The molecular weight excluding hydrogens is 222 g/mol. The Labute approximate surface area is 99.5 Å². The van der Waals surface area contributed by atoms with Crippen LogP contribution in [0.1, 0.15) is 18.5 Å². The van der Waals surface area contributed by atoms with Gasteiger partial charge in [-0.2, -0.15) is 0 Å². The molecule has 0 spiro atoms. The van der Waals surface area contributed by atoms with Crippen molar-refractivity contribution in [3.63, 3.8) is 0 Å². The van der Waals surface area contributed by atoms with Gasteiger partial charge in [0.05, 0.1) is 0 Å². The molecule has 1 atom stereocenters. The monoisotopic (exact) mass is 233 g/mol. The molecule has 0 aliphatic carbocycles. The van der Waals surface area contributed by atoms with Crippen LogP contribution < -0.4 is 5.32 Å². The van der Waals surface area contributed by atoms with Crippen molar-refractivity contribution in [1.29, 1.82) is 0 Å². The predicted molar refractivity (Wildman–Crippen MR) is 65.5 cm³/mol. The number of benzene rings is 1. The molecule has 1 N–H and O–H groups in total.